The zero-order valence-electron chi connectivity index (χ0n) is 12.3. The normalized spacial score (nSPS) is 12.2. The molecule has 0 bridgehead atoms. The molecule has 0 saturated heterocycles. The standard InChI is InChI=1S/C14H24N2O2S/c1-5-11(3)9-16(6-2)14-15-12(10-19-14)7-8-13(17)18-4/h10-11H,5-9H2,1-4H3. The Morgan fingerprint density at radius 3 is 2.84 bits per heavy atom. The molecule has 1 rings (SSSR count). The summed E-state index contributed by atoms with van der Waals surface area (Å²) in [6, 6.07) is 0. The molecule has 0 aromatic carbocycles. The Morgan fingerprint density at radius 1 is 1.53 bits per heavy atom. The summed E-state index contributed by atoms with van der Waals surface area (Å²) in [6.07, 6.45) is 2.23. The Bertz CT molecular complexity index is 393. The van der Waals surface area contributed by atoms with E-state index in [1.165, 1.54) is 13.5 Å². The zero-order valence-corrected chi connectivity index (χ0v) is 13.1. The second-order valence-electron chi connectivity index (χ2n) is 4.75. The molecule has 4 nitrogen and oxygen atoms in total. The third-order valence-corrected chi connectivity index (χ3v) is 4.18. The van der Waals surface area contributed by atoms with Gasteiger partial charge in [-0.3, -0.25) is 4.79 Å². The topological polar surface area (TPSA) is 42.4 Å². The van der Waals surface area contributed by atoms with Crippen LogP contribution < -0.4 is 4.90 Å². The first-order valence-electron chi connectivity index (χ1n) is 6.86. The Labute approximate surface area is 119 Å². The van der Waals surface area contributed by atoms with Gasteiger partial charge in [-0.25, -0.2) is 4.98 Å². The van der Waals surface area contributed by atoms with Crippen LogP contribution in [-0.2, 0) is 16.0 Å². The van der Waals surface area contributed by atoms with E-state index in [1.54, 1.807) is 11.3 Å². The van der Waals surface area contributed by atoms with Crippen molar-refractivity contribution >= 4 is 22.4 Å². The minimum Gasteiger partial charge on any atom is -0.469 e. The molecule has 0 spiro atoms. The van der Waals surface area contributed by atoms with Gasteiger partial charge in [0.25, 0.3) is 0 Å². The number of carbonyl (C=O) groups excluding carboxylic acids is 1. The van der Waals surface area contributed by atoms with E-state index in [0.29, 0.717) is 18.8 Å². The van der Waals surface area contributed by atoms with Gasteiger partial charge in [0.05, 0.1) is 19.2 Å². The lowest BCUT2D eigenvalue weighted by atomic mass is 10.1. The molecule has 0 aliphatic carbocycles. The molecule has 0 N–H and O–H groups in total. The fraction of sp³-hybridized carbons (Fsp3) is 0.714. The third kappa shape index (κ3) is 5.19. The van der Waals surface area contributed by atoms with E-state index < -0.39 is 0 Å². The summed E-state index contributed by atoms with van der Waals surface area (Å²) in [6.45, 7) is 8.62. The molecule has 108 valence electrons. The van der Waals surface area contributed by atoms with Crippen LogP contribution >= 0.6 is 11.3 Å². The van der Waals surface area contributed by atoms with Gasteiger partial charge >= 0.3 is 5.97 Å². The number of carbonyl (C=O) groups is 1. The van der Waals surface area contributed by atoms with E-state index in [9.17, 15) is 4.79 Å². The first kappa shape index (κ1) is 16.0. The van der Waals surface area contributed by atoms with Crippen LogP contribution in [0, 0.1) is 5.92 Å². The van der Waals surface area contributed by atoms with Crippen molar-refractivity contribution in [2.75, 3.05) is 25.1 Å². The molecule has 0 radical (unpaired) electrons. The molecule has 0 saturated carbocycles. The highest BCUT2D eigenvalue weighted by molar-refractivity contribution is 7.13. The Balaban J connectivity index is 2.58. The summed E-state index contributed by atoms with van der Waals surface area (Å²) in [5.41, 5.74) is 0.980. The molecular weight excluding hydrogens is 260 g/mol. The molecule has 0 fully saturated rings. The van der Waals surface area contributed by atoms with Crippen molar-refractivity contribution in [3.05, 3.63) is 11.1 Å². The number of thiazole rings is 1. The monoisotopic (exact) mass is 284 g/mol. The van der Waals surface area contributed by atoms with Crippen molar-refractivity contribution in [1.29, 1.82) is 0 Å². The van der Waals surface area contributed by atoms with Gasteiger partial charge in [-0.2, -0.15) is 0 Å². The number of hydrogen-bond donors (Lipinski definition) is 0. The van der Waals surface area contributed by atoms with Crippen molar-refractivity contribution in [1.82, 2.24) is 4.98 Å². The lowest BCUT2D eigenvalue weighted by Gasteiger charge is -2.23. The number of methoxy groups -OCH3 is 1. The highest BCUT2D eigenvalue weighted by atomic mass is 32.1. The van der Waals surface area contributed by atoms with Gasteiger partial charge in [0.15, 0.2) is 5.13 Å². The number of esters is 1. The lowest BCUT2D eigenvalue weighted by molar-refractivity contribution is -0.140. The highest BCUT2D eigenvalue weighted by Gasteiger charge is 2.13. The highest BCUT2D eigenvalue weighted by Crippen LogP contribution is 2.22. The second kappa shape index (κ2) is 8.15. The minimum absolute atomic E-state index is 0.179. The maximum Gasteiger partial charge on any atom is 0.305 e. The molecule has 0 aliphatic heterocycles. The van der Waals surface area contributed by atoms with Crippen molar-refractivity contribution in [2.45, 2.75) is 40.0 Å². The van der Waals surface area contributed by atoms with E-state index in [4.69, 9.17) is 0 Å². The summed E-state index contributed by atoms with van der Waals surface area (Å²) in [5, 5.41) is 3.10. The SMILES string of the molecule is CCC(C)CN(CC)c1nc(CCC(=O)OC)cs1. The van der Waals surface area contributed by atoms with Gasteiger partial charge in [0, 0.05) is 24.9 Å². The first-order chi connectivity index (χ1) is 9.10. The van der Waals surface area contributed by atoms with Crippen LogP contribution in [0.1, 0.15) is 39.3 Å². The predicted molar refractivity (Wildman–Crippen MR) is 79.8 cm³/mol. The second-order valence-corrected chi connectivity index (χ2v) is 5.59. The van der Waals surface area contributed by atoms with Crippen LogP contribution in [-0.4, -0.2) is 31.2 Å². The third-order valence-electron chi connectivity index (χ3n) is 3.23. The van der Waals surface area contributed by atoms with Crippen LogP contribution in [0.3, 0.4) is 0 Å². The summed E-state index contributed by atoms with van der Waals surface area (Å²) >= 11 is 1.66. The van der Waals surface area contributed by atoms with Crippen molar-refractivity contribution < 1.29 is 9.53 Å². The first-order valence-corrected chi connectivity index (χ1v) is 7.74. The molecule has 19 heavy (non-hydrogen) atoms. The van der Waals surface area contributed by atoms with E-state index in [1.807, 2.05) is 5.38 Å². The van der Waals surface area contributed by atoms with Crippen LogP contribution in [0.4, 0.5) is 5.13 Å². The molecule has 5 heteroatoms. The number of anilines is 1. The van der Waals surface area contributed by atoms with Gasteiger partial charge in [0.2, 0.25) is 0 Å². The van der Waals surface area contributed by atoms with Crippen molar-refractivity contribution in [2.24, 2.45) is 5.92 Å². The smallest absolute Gasteiger partial charge is 0.305 e. The number of aryl methyl sites for hydroxylation is 1. The summed E-state index contributed by atoms with van der Waals surface area (Å²) in [7, 11) is 1.42. The minimum atomic E-state index is -0.179. The molecule has 1 aromatic rings. The maximum absolute atomic E-state index is 11.1. The van der Waals surface area contributed by atoms with Gasteiger partial charge in [0.1, 0.15) is 0 Å². The molecule has 1 aromatic heterocycles. The van der Waals surface area contributed by atoms with Crippen LogP contribution in [0.2, 0.25) is 0 Å². The number of ether oxygens (including phenoxy) is 1. The lowest BCUT2D eigenvalue weighted by Crippen LogP contribution is -2.27. The fourth-order valence-electron chi connectivity index (χ4n) is 1.74. The van der Waals surface area contributed by atoms with Crippen LogP contribution in [0.15, 0.2) is 5.38 Å². The molecule has 1 heterocycles. The molecular formula is C14H24N2O2S. The fourth-order valence-corrected chi connectivity index (χ4v) is 2.67. The van der Waals surface area contributed by atoms with E-state index in [0.717, 1.165) is 23.9 Å². The van der Waals surface area contributed by atoms with Crippen molar-refractivity contribution in [3.8, 4) is 0 Å². The largest absolute Gasteiger partial charge is 0.469 e. The summed E-state index contributed by atoms with van der Waals surface area (Å²) < 4.78 is 4.64. The maximum atomic E-state index is 11.1. The van der Waals surface area contributed by atoms with E-state index in [2.05, 4.69) is 35.4 Å². The zero-order chi connectivity index (χ0) is 14.3. The van der Waals surface area contributed by atoms with Crippen LogP contribution in [0.25, 0.3) is 0 Å². The Morgan fingerprint density at radius 2 is 2.26 bits per heavy atom. The van der Waals surface area contributed by atoms with Gasteiger partial charge in [-0.15, -0.1) is 11.3 Å². The number of hydrogen-bond acceptors (Lipinski definition) is 5. The molecule has 0 amide bonds. The predicted octanol–water partition coefficient (Wildman–Crippen LogP) is 3.12. The van der Waals surface area contributed by atoms with Gasteiger partial charge < -0.3 is 9.64 Å². The number of aromatic nitrogens is 1. The van der Waals surface area contributed by atoms with Gasteiger partial charge in [-0.1, -0.05) is 20.3 Å². The quantitative estimate of drug-likeness (QED) is 0.688. The van der Waals surface area contributed by atoms with Crippen molar-refractivity contribution in [3.63, 3.8) is 0 Å². The molecule has 0 aliphatic rings. The molecule has 1 atom stereocenters. The average molecular weight is 284 g/mol. The van der Waals surface area contributed by atoms with E-state index in [-0.39, 0.29) is 5.97 Å². The summed E-state index contributed by atoms with van der Waals surface area (Å²) in [4.78, 5) is 18.0. The number of nitrogens with zero attached hydrogens (tertiary/aromatic N) is 2. The number of rotatable bonds is 8. The Hall–Kier alpha value is -1.10. The summed E-state index contributed by atoms with van der Waals surface area (Å²) in [5.74, 6) is 0.490. The van der Waals surface area contributed by atoms with E-state index >= 15 is 0 Å². The Kier molecular flexibility index (Phi) is 6.84. The van der Waals surface area contributed by atoms with Gasteiger partial charge in [-0.05, 0) is 12.8 Å². The average Bonchev–Trinajstić information content (AvgIpc) is 2.90. The van der Waals surface area contributed by atoms with Crippen LogP contribution in [0.5, 0.6) is 0 Å². The molecule has 1 unspecified atom stereocenters.